The summed E-state index contributed by atoms with van der Waals surface area (Å²) in [7, 11) is 0. The van der Waals surface area contributed by atoms with E-state index in [0.29, 0.717) is 0 Å². The van der Waals surface area contributed by atoms with Crippen LogP contribution in [0.3, 0.4) is 0 Å². The molecule has 0 aliphatic carbocycles. The van der Waals surface area contributed by atoms with E-state index in [0.717, 1.165) is 5.56 Å². The van der Waals surface area contributed by atoms with Crippen LogP contribution in [0.2, 0.25) is 0 Å². The van der Waals surface area contributed by atoms with Crippen molar-refractivity contribution in [1.82, 2.24) is 0 Å². The van der Waals surface area contributed by atoms with E-state index in [-0.39, 0.29) is 27.1 Å². The van der Waals surface area contributed by atoms with Crippen molar-refractivity contribution in [2.24, 2.45) is 0 Å². The Morgan fingerprint density at radius 1 is 1.20 bits per heavy atom. The maximum absolute atomic E-state index is 10.6. The topological polar surface area (TPSA) is 17.1 Å². The second kappa shape index (κ2) is 4.89. The molecule has 10 heavy (non-hydrogen) atoms. The number of carbonyl (C=O) groups is 1. The first kappa shape index (κ1) is 10.1. The molecule has 1 rings (SSSR count). The van der Waals surface area contributed by atoms with Crippen LogP contribution in [0.25, 0.3) is 0 Å². The molecule has 0 amide bonds. The molecule has 0 N–H and O–H groups in total. The molecule has 0 saturated heterocycles. The van der Waals surface area contributed by atoms with E-state index >= 15 is 0 Å². The Balaban J connectivity index is 0.000000810. The molecule has 0 heterocycles. The van der Waals surface area contributed by atoms with E-state index in [2.05, 4.69) is 16.0 Å². The molecule has 0 unspecified atom stereocenters. The van der Waals surface area contributed by atoms with Gasteiger partial charge in [0, 0.05) is 22.4 Å². The molecule has 0 atom stereocenters. The van der Waals surface area contributed by atoms with Gasteiger partial charge in [-0.05, 0) is 0 Å². The van der Waals surface area contributed by atoms with E-state index in [1.807, 2.05) is 18.2 Å². The summed E-state index contributed by atoms with van der Waals surface area (Å²) in [5.41, 5.74) is 0.720. The first-order valence-electron chi connectivity index (χ1n) is 2.57. The van der Waals surface area contributed by atoms with Crippen molar-refractivity contribution in [3.05, 3.63) is 35.9 Å². The minimum Gasteiger partial charge on any atom is 0 e. The van der Waals surface area contributed by atoms with E-state index < -0.39 is 0 Å². The molecule has 2 radical (unpaired) electrons. The van der Waals surface area contributed by atoms with Crippen LogP contribution in [0.1, 0.15) is 10.4 Å². The molecule has 1 aromatic rings. The van der Waals surface area contributed by atoms with Crippen LogP contribution >= 0.6 is 0 Å². The standard InChI is InChI=1S/C7H5OSe.Au/c8-7(9)6-4-2-1-3-5-6;/h1-5H;. The van der Waals surface area contributed by atoms with Crippen LogP contribution in [0, 0.1) is 0 Å². The molecule has 0 fully saturated rings. The third-order valence-electron chi connectivity index (χ3n) is 1.01. The monoisotopic (exact) mass is 382 g/mol. The predicted molar refractivity (Wildman–Crippen MR) is 36.5 cm³/mol. The van der Waals surface area contributed by atoms with Crippen molar-refractivity contribution in [3.63, 3.8) is 0 Å². The maximum atomic E-state index is 10.6. The van der Waals surface area contributed by atoms with E-state index in [1.54, 1.807) is 12.1 Å². The van der Waals surface area contributed by atoms with Crippen molar-refractivity contribution in [3.8, 4) is 0 Å². The van der Waals surface area contributed by atoms with Gasteiger partial charge in [-0.15, -0.1) is 0 Å². The Kier molecular flexibility index (Phi) is 4.96. The average molecular weight is 381 g/mol. The number of hydrogen-bond acceptors (Lipinski definition) is 1. The van der Waals surface area contributed by atoms with Gasteiger partial charge in [-0.3, -0.25) is 0 Å². The zero-order valence-corrected chi connectivity index (χ0v) is 8.88. The van der Waals surface area contributed by atoms with Crippen molar-refractivity contribution in [2.75, 3.05) is 0 Å². The third-order valence-corrected chi connectivity index (χ3v) is 1.50. The van der Waals surface area contributed by atoms with Crippen molar-refractivity contribution in [2.45, 2.75) is 0 Å². The summed E-state index contributed by atoms with van der Waals surface area (Å²) >= 11 is 2.42. The Hall–Kier alpha value is 0.150. The minimum atomic E-state index is -0.00407. The minimum absolute atomic E-state index is 0. The van der Waals surface area contributed by atoms with E-state index in [4.69, 9.17) is 0 Å². The predicted octanol–water partition coefficient (Wildman–Crippen LogP) is 0.993. The largest absolute Gasteiger partial charge is 0 e. The number of carbonyl (C=O) groups excluding carboxylic acids is 1. The zero-order chi connectivity index (χ0) is 6.69. The summed E-state index contributed by atoms with van der Waals surface area (Å²) in [4.78, 5) is 10.6. The van der Waals surface area contributed by atoms with Gasteiger partial charge in [0.1, 0.15) is 0 Å². The molecule has 56 valence electrons. The summed E-state index contributed by atoms with van der Waals surface area (Å²) in [6.45, 7) is 0. The van der Waals surface area contributed by atoms with Crippen LogP contribution in [0.15, 0.2) is 30.3 Å². The molecular weight excluding hydrogens is 376 g/mol. The van der Waals surface area contributed by atoms with E-state index in [9.17, 15) is 4.79 Å². The van der Waals surface area contributed by atoms with Crippen molar-refractivity contribution >= 4 is 20.7 Å². The maximum Gasteiger partial charge on any atom is 0 e. The van der Waals surface area contributed by atoms with Gasteiger partial charge in [-0.1, -0.05) is 0 Å². The quantitative estimate of drug-likeness (QED) is 0.664. The van der Waals surface area contributed by atoms with Gasteiger partial charge in [0.05, 0.1) is 0 Å². The summed E-state index contributed by atoms with van der Waals surface area (Å²) in [5.74, 6) is 0. The summed E-state index contributed by atoms with van der Waals surface area (Å²) in [6.07, 6.45) is 0. The fourth-order valence-corrected chi connectivity index (χ4v) is 0.860. The normalized spacial score (nSPS) is 8.00. The number of benzene rings is 1. The SMILES string of the molecule is O=C([Se])c1ccccc1.[Au]. The zero-order valence-electron chi connectivity index (χ0n) is 5.00. The summed E-state index contributed by atoms with van der Waals surface area (Å²) < 4.78 is -0.00407. The van der Waals surface area contributed by atoms with Gasteiger partial charge in [0.2, 0.25) is 0 Å². The Labute approximate surface area is 83.5 Å². The smallest absolute Gasteiger partial charge is 0 e. The first-order chi connectivity index (χ1) is 4.30. The van der Waals surface area contributed by atoms with Gasteiger partial charge >= 0.3 is 61.4 Å². The molecule has 0 aromatic heterocycles. The van der Waals surface area contributed by atoms with E-state index in [1.165, 1.54) is 0 Å². The van der Waals surface area contributed by atoms with Gasteiger partial charge in [-0.25, -0.2) is 0 Å². The van der Waals surface area contributed by atoms with Gasteiger partial charge in [0.25, 0.3) is 0 Å². The van der Waals surface area contributed by atoms with Gasteiger partial charge < -0.3 is 0 Å². The fourth-order valence-electron chi connectivity index (χ4n) is 0.574. The van der Waals surface area contributed by atoms with Crippen LogP contribution < -0.4 is 0 Å². The molecule has 1 nitrogen and oxygen atoms in total. The third kappa shape index (κ3) is 2.82. The second-order valence-electron chi connectivity index (χ2n) is 1.65. The average Bonchev–Trinajstić information content (AvgIpc) is 1.90. The molecule has 0 aliphatic heterocycles. The molecule has 0 saturated carbocycles. The Morgan fingerprint density at radius 2 is 1.70 bits per heavy atom. The summed E-state index contributed by atoms with van der Waals surface area (Å²) in [5, 5.41) is 0. The summed E-state index contributed by atoms with van der Waals surface area (Å²) in [6, 6.07) is 9.11. The molecule has 3 heteroatoms. The van der Waals surface area contributed by atoms with Crippen molar-refractivity contribution < 1.29 is 27.2 Å². The number of hydrogen-bond donors (Lipinski definition) is 0. The number of rotatable bonds is 1. The molecular formula is C7H5AuOSe. The van der Waals surface area contributed by atoms with Crippen LogP contribution in [0.5, 0.6) is 0 Å². The van der Waals surface area contributed by atoms with Crippen LogP contribution in [-0.2, 0) is 22.4 Å². The fraction of sp³-hybridized carbons (Fsp3) is 0. The molecule has 0 bridgehead atoms. The van der Waals surface area contributed by atoms with Gasteiger partial charge in [0.15, 0.2) is 0 Å². The van der Waals surface area contributed by atoms with Crippen LogP contribution in [-0.4, -0.2) is 20.7 Å². The Bertz CT molecular complexity index is 210. The first-order valence-corrected chi connectivity index (χ1v) is 3.43. The molecule has 0 aliphatic rings. The Morgan fingerprint density at radius 3 is 2.00 bits per heavy atom. The second-order valence-corrected chi connectivity index (χ2v) is 2.43. The molecule has 0 spiro atoms. The van der Waals surface area contributed by atoms with Gasteiger partial charge in [-0.2, -0.15) is 0 Å². The molecule has 1 aromatic carbocycles. The van der Waals surface area contributed by atoms with Crippen LogP contribution in [0.4, 0.5) is 0 Å². The van der Waals surface area contributed by atoms with Crippen molar-refractivity contribution in [1.29, 1.82) is 0 Å².